The Kier molecular flexibility index (Phi) is 3.30. The van der Waals surface area contributed by atoms with Gasteiger partial charge in [0.25, 0.3) is 0 Å². The second-order valence-corrected chi connectivity index (χ2v) is 4.61. The van der Waals surface area contributed by atoms with Gasteiger partial charge < -0.3 is 5.32 Å². The molecule has 2 unspecified atom stereocenters. The molecule has 1 N–H and O–H groups in total. The third-order valence-corrected chi connectivity index (χ3v) is 3.69. The van der Waals surface area contributed by atoms with E-state index >= 15 is 0 Å². The molecule has 0 spiro atoms. The van der Waals surface area contributed by atoms with Crippen LogP contribution < -0.4 is 5.32 Å². The van der Waals surface area contributed by atoms with E-state index in [1.165, 1.54) is 25.7 Å². The SMILES string of the molecule is CC#CCCNC(=O)C1C2CCCCC21. The first-order valence-corrected chi connectivity index (χ1v) is 6.02. The monoisotopic (exact) mass is 205 g/mol. The van der Waals surface area contributed by atoms with Crippen LogP contribution in [0.2, 0.25) is 0 Å². The molecule has 0 saturated heterocycles. The van der Waals surface area contributed by atoms with Crippen molar-refractivity contribution in [2.75, 3.05) is 6.54 Å². The lowest BCUT2D eigenvalue weighted by atomic mass is 10.0. The summed E-state index contributed by atoms with van der Waals surface area (Å²) in [5.41, 5.74) is 0. The van der Waals surface area contributed by atoms with Gasteiger partial charge in [0.1, 0.15) is 0 Å². The van der Waals surface area contributed by atoms with Crippen molar-refractivity contribution in [3.8, 4) is 11.8 Å². The first-order chi connectivity index (χ1) is 7.34. The number of nitrogens with one attached hydrogen (secondary N) is 1. The van der Waals surface area contributed by atoms with Crippen LogP contribution in [0.15, 0.2) is 0 Å². The van der Waals surface area contributed by atoms with Gasteiger partial charge in [-0.25, -0.2) is 0 Å². The quantitative estimate of drug-likeness (QED) is 0.554. The predicted octanol–water partition coefficient (Wildman–Crippen LogP) is 1.95. The molecule has 82 valence electrons. The van der Waals surface area contributed by atoms with Gasteiger partial charge in [0.15, 0.2) is 0 Å². The average Bonchev–Trinajstić information content (AvgIpc) is 2.98. The third kappa shape index (κ3) is 2.34. The van der Waals surface area contributed by atoms with Crippen LogP contribution in [-0.4, -0.2) is 12.5 Å². The molecule has 2 aliphatic rings. The first-order valence-electron chi connectivity index (χ1n) is 6.02. The fraction of sp³-hybridized carbons (Fsp3) is 0.769. The smallest absolute Gasteiger partial charge is 0.223 e. The van der Waals surface area contributed by atoms with Crippen molar-refractivity contribution in [1.29, 1.82) is 0 Å². The van der Waals surface area contributed by atoms with Crippen molar-refractivity contribution in [2.24, 2.45) is 17.8 Å². The third-order valence-electron chi connectivity index (χ3n) is 3.69. The van der Waals surface area contributed by atoms with Gasteiger partial charge in [-0.1, -0.05) is 12.8 Å². The molecule has 2 atom stereocenters. The number of hydrogen-bond donors (Lipinski definition) is 1. The largest absolute Gasteiger partial charge is 0.355 e. The lowest BCUT2D eigenvalue weighted by Gasteiger charge is -2.04. The second-order valence-electron chi connectivity index (χ2n) is 4.61. The molecule has 0 heterocycles. The summed E-state index contributed by atoms with van der Waals surface area (Å²) in [7, 11) is 0. The summed E-state index contributed by atoms with van der Waals surface area (Å²) in [5.74, 6) is 7.86. The molecule has 0 aromatic rings. The Hall–Kier alpha value is -0.970. The number of carbonyl (C=O) groups is 1. The standard InChI is InChI=1S/C13H19NO/c1-2-3-6-9-14-13(15)12-10-7-4-5-8-11(10)12/h10-12H,4-9H2,1H3,(H,14,15). The molecular weight excluding hydrogens is 186 g/mol. The van der Waals surface area contributed by atoms with Gasteiger partial charge in [0.05, 0.1) is 0 Å². The molecule has 2 rings (SSSR count). The van der Waals surface area contributed by atoms with Crippen molar-refractivity contribution < 1.29 is 4.79 Å². The van der Waals surface area contributed by atoms with Crippen molar-refractivity contribution in [3.05, 3.63) is 0 Å². The first kappa shape index (κ1) is 10.5. The lowest BCUT2D eigenvalue weighted by molar-refractivity contribution is -0.122. The molecule has 0 radical (unpaired) electrons. The molecule has 2 nitrogen and oxygen atoms in total. The molecule has 2 fully saturated rings. The summed E-state index contributed by atoms with van der Waals surface area (Å²) in [6, 6.07) is 0. The van der Waals surface area contributed by atoms with Gasteiger partial charge in [0, 0.05) is 18.9 Å². The van der Waals surface area contributed by atoms with Gasteiger partial charge in [-0.05, 0) is 31.6 Å². The highest BCUT2D eigenvalue weighted by atomic mass is 16.2. The Morgan fingerprint density at radius 3 is 2.60 bits per heavy atom. The molecule has 0 aliphatic heterocycles. The van der Waals surface area contributed by atoms with E-state index < -0.39 is 0 Å². The van der Waals surface area contributed by atoms with Crippen molar-refractivity contribution in [2.45, 2.75) is 39.0 Å². The zero-order chi connectivity index (χ0) is 10.7. The van der Waals surface area contributed by atoms with Crippen molar-refractivity contribution >= 4 is 5.91 Å². The van der Waals surface area contributed by atoms with Gasteiger partial charge in [-0.3, -0.25) is 4.79 Å². The van der Waals surface area contributed by atoms with Crippen molar-refractivity contribution in [3.63, 3.8) is 0 Å². The van der Waals surface area contributed by atoms with Crippen LogP contribution in [0.5, 0.6) is 0 Å². The molecule has 15 heavy (non-hydrogen) atoms. The van der Waals surface area contributed by atoms with Crippen LogP contribution in [-0.2, 0) is 4.79 Å². The number of amides is 1. The minimum absolute atomic E-state index is 0.282. The maximum atomic E-state index is 11.8. The fourth-order valence-electron chi connectivity index (χ4n) is 2.87. The Morgan fingerprint density at radius 1 is 1.33 bits per heavy atom. The maximum Gasteiger partial charge on any atom is 0.223 e. The van der Waals surface area contributed by atoms with Crippen LogP contribution in [0.3, 0.4) is 0 Å². The van der Waals surface area contributed by atoms with Gasteiger partial charge in [0.2, 0.25) is 5.91 Å². The number of carbonyl (C=O) groups excluding carboxylic acids is 1. The van der Waals surface area contributed by atoms with Crippen LogP contribution in [0, 0.1) is 29.6 Å². The average molecular weight is 205 g/mol. The summed E-state index contributed by atoms with van der Waals surface area (Å²) in [6.07, 6.45) is 5.98. The van der Waals surface area contributed by atoms with E-state index in [2.05, 4.69) is 17.2 Å². The summed E-state index contributed by atoms with van der Waals surface area (Å²) < 4.78 is 0. The summed E-state index contributed by atoms with van der Waals surface area (Å²) in [5, 5.41) is 2.99. The zero-order valence-corrected chi connectivity index (χ0v) is 9.38. The predicted molar refractivity (Wildman–Crippen MR) is 60.0 cm³/mol. The highest BCUT2D eigenvalue weighted by Crippen LogP contribution is 2.55. The van der Waals surface area contributed by atoms with Crippen LogP contribution in [0.4, 0.5) is 0 Å². The minimum Gasteiger partial charge on any atom is -0.355 e. The van der Waals surface area contributed by atoms with E-state index in [1.54, 1.807) is 0 Å². The van der Waals surface area contributed by atoms with E-state index in [4.69, 9.17) is 0 Å². The maximum absolute atomic E-state index is 11.8. The molecule has 2 aliphatic carbocycles. The van der Waals surface area contributed by atoms with E-state index in [9.17, 15) is 4.79 Å². The normalized spacial score (nSPS) is 32.2. The minimum atomic E-state index is 0.282. The summed E-state index contributed by atoms with van der Waals surface area (Å²) in [6.45, 7) is 2.55. The number of rotatable bonds is 3. The second kappa shape index (κ2) is 4.70. The molecule has 0 aromatic carbocycles. The van der Waals surface area contributed by atoms with E-state index in [0.29, 0.717) is 5.92 Å². The Balaban J connectivity index is 1.70. The highest BCUT2D eigenvalue weighted by molar-refractivity contribution is 5.82. The Morgan fingerprint density at radius 2 is 2.00 bits per heavy atom. The van der Waals surface area contributed by atoms with Gasteiger partial charge in [-0.2, -0.15) is 0 Å². The highest BCUT2D eigenvalue weighted by Gasteiger charge is 2.54. The summed E-state index contributed by atoms with van der Waals surface area (Å²) in [4.78, 5) is 11.8. The molecule has 1 amide bonds. The fourth-order valence-corrected chi connectivity index (χ4v) is 2.87. The zero-order valence-electron chi connectivity index (χ0n) is 9.38. The van der Waals surface area contributed by atoms with Crippen LogP contribution >= 0.6 is 0 Å². The van der Waals surface area contributed by atoms with E-state index in [-0.39, 0.29) is 5.91 Å². The topological polar surface area (TPSA) is 29.1 Å². The van der Waals surface area contributed by atoms with E-state index in [0.717, 1.165) is 24.8 Å². The van der Waals surface area contributed by atoms with Gasteiger partial charge in [-0.15, -0.1) is 11.8 Å². The molecule has 2 saturated carbocycles. The molecule has 2 heteroatoms. The lowest BCUT2D eigenvalue weighted by Crippen LogP contribution is -2.26. The Labute approximate surface area is 91.8 Å². The summed E-state index contributed by atoms with van der Waals surface area (Å²) >= 11 is 0. The number of fused-ring (bicyclic) bond motifs is 1. The van der Waals surface area contributed by atoms with E-state index in [1.807, 2.05) is 6.92 Å². The molecule has 0 bridgehead atoms. The van der Waals surface area contributed by atoms with Crippen molar-refractivity contribution in [1.82, 2.24) is 5.32 Å². The Bertz CT molecular complexity index is 287. The number of hydrogen-bond acceptors (Lipinski definition) is 1. The molecule has 0 aromatic heterocycles. The molecular formula is C13H19NO. The van der Waals surface area contributed by atoms with Gasteiger partial charge >= 0.3 is 0 Å². The van der Waals surface area contributed by atoms with Crippen LogP contribution in [0.25, 0.3) is 0 Å². The van der Waals surface area contributed by atoms with Crippen LogP contribution in [0.1, 0.15) is 39.0 Å².